The summed E-state index contributed by atoms with van der Waals surface area (Å²) in [5.41, 5.74) is 1.26. The van der Waals surface area contributed by atoms with Crippen molar-refractivity contribution >= 4 is 5.91 Å². The number of hydrogen-bond donors (Lipinski definition) is 0. The summed E-state index contributed by atoms with van der Waals surface area (Å²) in [6.45, 7) is 1.61. The number of benzene rings is 2. The fraction of sp³-hybridized carbons (Fsp3) is 0.227. The fourth-order valence-corrected chi connectivity index (χ4v) is 3.35. The van der Waals surface area contributed by atoms with E-state index in [0.29, 0.717) is 29.7 Å². The van der Waals surface area contributed by atoms with Crippen LogP contribution in [0.25, 0.3) is 0 Å². The zero-order chi connectivity index (χ0) is 18.6. The molecule has 1 saturated heterocycles. The lowest BCUT2D eigenvalue weighted by atomic mass is 9.99. The first kappa shape index (κ1) is 17.3. The van der Waals surface area contributed by atoms with Crippen molar-refractivity contribution in [1.29, 1.82) is 0 Å². The molecule has 5 heteroatoms. The third-order valence-electron chi connectivity index (χ3n) is 4.81. The summed E-state index contributed by atoms with van der Waals surface area (Å²) >= 11 is 0. The highest BCUT2D eigenvalue weighted by molar-refractivity contribution is 5.91. The summed E-state index contributed by atoms with van der Waals surface area (Å²) in [4.78, 5) is 14.5. The molecule has 1 unspecified atom stereocenters. The number of hydrogen-bond acceptors (Lipinski definition) is 3. The van der Waals surface area contributed by atoms with E-state index in [1.54, 1.807) is 24.3 Å². The average molecular weight is 365 g/mol. The van der Waals surface area contributed by atoms with Crippen LogP contribution in [0.5, 0.6) is 5.75 Å². The summed E-state index contributed by atoms with van der Waals surface area (Å²) in [5.74, 6) is 1.38. The maximum atomic E-state index is 12.9. The van der Waals surface area contributed by atoms with Gasteiger partial charge in [-0.15, -0.1) is 0 Å². The molecule has 4 rings (SSSR count). The lowest BCUT2D eigenvalue weighted by Gasteiger charge is -2.15. The summed E-state index contributed by atoms with van der Waals surface area (Å²) in [6.07, 6.45) is 0.955. The molecule has 0 saturated carbocycles. The van der Waals surface area contributed by atoms with Crippen molar-refractivity contribution in [2.45, 2.75) is 18.9 Å². The number of carbonyl (C=O) groups excluding carboxylic acids is 1. The van der Waals surface area contributed by atoms with Gasteiger partial charge in [-0.25, -0.2) is 4.39 Å². The Hall–Kier alpha value is -3.08. The van der Waals surface area contributed by atoms with Crippen LogP contribution in [-0.2, 0) is 6.61 Å². The monoisotopic (exact) mass is 365 g/mol. The van der Waals surface area contributed by atoms with Gasteiger partial charge in [0.05, 0.1) is 0 Å². The number of carbonyl (C=O) groups is 1. The van der Waals surface area contributed by atoms with Crippen LogP contribution in [0, 0.1) is 5.82 Å². The second-order valence-electron chi connectivity index (χ2n) is 6.66. The Kier molecular flexibility index (Phi) is 4.92. The third-order valence-corrected chi connectivity index (χ3v) is 4.81. The molecule has 1 aromatic heterocycles. The van der Waals surface area contributed by atoms with Crippen LogP contribution in [0.1, 0.15) is 34.2 Å². The van der Waals surface area contributed by atoms with Gasteiger partial charge in [-0.2, -0.15) is 0 Å². The molecule has 2 aromatic carbocycles. The van der Waals surface area contributed by atoms with Crippen LogP contribution >= 0.6 is 0 Å². The largest absolute Gasteiger partial charge is 0.486 e. The zero-order valence-electron chi connectivity index (χ0n) is 14.8. The molecule has 27 heavy (non-hydrogen) atoms. The molecule has 1 aliphatic heterocycles. The number of halogens is 1. The first-order chi connectivity index (χ1) is 13.2. The van der Waals surface area contributed by atoms with E-state index in [1.165, 1.54) is 17.7 Å². The minimum absolute atomic E-state index is 0.0959. The standard InChI is InChI=1S/C22H20FNO3/c23-18-6-8-19(9-7-18)26-15-20-10-11-21(27-20)22(25)24-13-12-17(14-24)16-4-2-1-3-5-16/h1-11,17H,12-15H2. The van der Waals surface area contributed by atoms with Gasteiger partial charge < -0.3 is 14.1 Å². The van der Waals surface area contributed by atoms with Gasteiger partial charge in [0, 0.05) is 19.0 Å². The SMILES string of the molecule is O=C(c1ccc(COc2ccc(F)cc2)o1)N1CCC(c2ccccc2)C1. The number of nitrogens with zero attached hydrogens (tertiary/aromatic N) is 1. The van der Waals surface area contributed by atoms with Gasteiger partial charge in [-0.1, -0.05) is 30.3 Å². The fourth-order valence-electron chi connectivity index (χ4n) is 3.35. The Balaban J connectivity index is 1.35. The molecular weight excluding hydrogens is 345 g/mol. The lowest BCUT2D eigenvalue weighted by molar-refractivity contribution is 0.0755. The molecule has 4 nitrogen and oxygen atoms in total. The smallest absolute Gasteiger partial charge is 0.289 e. The second-order valence-corrected chi connectivity index (χ2v) is 6.66. The van der Waals surface area contributed by atoms with Crippen molar-refractivity contribution in [2.24, 2.45) is 0 Å². The van der Waals surface area contributed by atoms with E-state index >= 15 is 0 Å². The van der Waals surface area contributed by atoms with E-state index in [-0.39, 0.29) is 18.3 Å². The van der Waals surface area contributed by atoms with Crippen LogP contribution in [0.15, 0.2) is 71.1 Å². The predicted octanol–water partition coefficient (Wildman–Crippen LogP) is 4.63. The van der Waals surface area contributed by atoms with Gasteiger partial charge >= 0.3 is 0 Å². The Morgan fingerprint density at radius 3 is 2.63 bits per heavy atom. The minimum Gasteiger partial charge on any atom is -0.486 e. The Morgan fingerprint density at radius 2 is 1.85 bits per heavy atom. The Morgan fingerprint density at radius 1 is 1.07 bits per heavy atom. The second kappa shape index (κ2) is 7.66. The molecule has 1 aliphatic rings. The highest BCUT2D eigenvalue weighted by atomic mass is 19.1. The van der Waals surface area contributed by atoms with Crippen molar-refractivity contribution < 1.29 is 18.3 Å². The quantitative estimate of drug-likeness (QED) is 0.662. The van der Waals surface area contributed by atoms with Crippen molar-refractivity contribution in [3.05, 3.63) is 89.6 Å². The van der Waals surface area contributed by atoms with Crippen molar-refractivity contribution in [3.63, 3.8) is 0 Å². The summed E-state index contributed by atoms with van der Waals surface area (Å²) < 4.78 is 24.1. The van der Waals surface area contributed by atoms with E-state index in [1.807, 2.05) is 23.1 Å². The number of likely N-dealkylation sites (tertiary alicyclic amines) is 1. The van der Waals surface area contributed by atoms with Crippen molar-refractivity contribution in [1.82, 2.24) is 4.90 Å². The molecule has 0 radical (unpaired) electrons. The molecule has 2 heterocycles. The normalized spacial score (nSPS) is 16.5. The number of ether oxygens (including phenoxy) is 1. The molecule has 3 aromatic rings. The Labute approximate surface area is 157 Å². The van der Waals surface area contributed by atoms with E-state index < -0.39 is 0 Å². The lowest BCUT2D eigenvalue weighted by Crippen LogP contribution is -2.28. The van der Waals surface area contributed by atoms with Crippen LogP contribution < -0.4 is 4.74 Å². The van der Waals surface area contributed by atoms with Gasteiger partial charge in [0.15, 0.2) is 5.76 Å². The predicted molar refractivity (Wildman–Crippen MR) is 99.1 cm³/mol. The van der Waals surface area contributed by atoms with Gasteiger partial charge in [-0.05, 0) is 48.4 Å². The molecule has 1 atom stereocenters. The molecule has 0 N–H and O–H groups in total. The van der Waals surface area contributed by atoms with Gasteiger partial charge in [0.1, 0.15) is 23.9 Å². The number of furan rings is 1. The molecule has 1 fully saturated rings. The van der Waals surface area contributed by atoms with Gasteiger partial charge in [0.2, 0.25) is 0 Å². The maximum absolute atomic E-state index is 12.9. The number of rotatable bonds is 5. The molecule has 0 aliphatic carbocycles. The third kappa shape index (κ3) is 4.03. The van der Waals surface area contributed by atoms with Gasteiger partial charge in [-0.3, -0.25) is 4.79 Å². The minimum atomic E-state index is -0.312. The first-order valence-corrected chi connectivity index (χ1v) is 9.00. The Bertz CT molecular complexity index is 905. The molecular formula is C22H20FNO3. The summed E-state index contributed by atoms with van der Waals surface area (Å²) in [7, 11) is 0. The van der Waals surface area contributed by atoms with Crippen LogP contribution in [-0.4, -0.2) is 23.9 Å². The van der Waals surface area contributed by atoms with E-state index in [2.05, 4.69) is 12.1 Å². The summed E-state index contributed by atoms with van der Waals surface area (Å²) in [6, 6.07) is 19.5. The van der Waals surface area contributed by atoms with E-state index in [9.17, 15) is 9.18 Å². The van der Waals surface area contributed by atoms with Crippen LogP contribution in [0.2, 0.25) is 0 Å². The van der Waals surface area contributed by atoms with Crippen LogP contribution in [0.3, 0.4) is 0 Å². The van der Waals surface area contributed by atoms with E-state index in [0.717, 1.165) is 13.0 Å². The first-order valence-electron chi connectivity index (χ1n) is 9.00. The topological polar surface area (TPSA) is 42.7 Å². The molecule has 0 spiro atoms. The summed E-state index contributed by atoms with van der Waals surface area (Å²) in [5, 5.41) is 0. The maximum Gasteiger partial charge on any atom is 0.289 e. The zero-order valence-corrected chi connectivity index (χ0v) is 14.8. The molecule has 0 bridgehead atoms. The number of amides is 1. The van der Waals surface area contributed by atoms with Crippen molar-refractivity contribution in [3.8, 4) is 5.75 Å². The van der Waals surface area contributed by atoms with E-state index in [4.69, 9.17) is 9.15 Å². The highest BCUT2D eigenvalue weighted by Crippen LogP contribution is 2.28. The molecule has 1 amide bonds. The average Bonchev–Trinajstić information content (AvgIpc) is 3.38. The van der Waals surface area contributed by atoms with Crippen molar-refractivity contribution in [2.75, 3.05) is 13.1 Å². The highest BCUT2D eigenvalue weighted by Gasteiger charge is 2.29. The molecule has 138 valence electrons. The van der Waals surface area contributed by atoms with Crippen LogP contribution in [0.4, 0.5) is 4.39 Å². The van der Waals surface area contributed by atoms with Gasteiger partial charge in [0.25, 0.3) is 5.91 Å².